The molecule has 3 rings (SSSR count). The molecule has 0 aromatic heterocycles. The van der Waals surface area contributed by atoms with Crippen molar-refractivity contribution in [3.63, 3.8) is 0 Å². The number of carbonyl (C=O) groups excluding carboxylic acids is 1. The Hall–Kier alpha value is -2.42. The van der Waals surface area contributed by atoms with Crippen LogP contribution in [0.4, 0.5) is 5.69 Å². The summed E-state index contributed by atoms with van der Waals surface area (Å²) in [6.45, 7) is 1.47. The Kier molecular flexibility index (Phi) is 4.04. The lowest BCUT2D eigenvalue weighted by atomic mass is 9.95. The van der Waals surface area contributed by atoms with Gasteiger partial charge < -0.3 is 4.74 Å². The van der Waals surface area contributed by atoms with Crippen molar-refractivity contribution < 1.29 is 22.5 Å². The van der Waals surface area contributed by atoms with E-state index in [1.165, 1.54) is 6.92 Å². The predicted octanol–water partition coefficient (Wildman–Crippen LogP) is 1.96. The molecule has 0 saturated carbocycles. The maximum atomic E-state index is 12.9. The Balaban J connectivity index is 2.01. The zero-order valence-electron chi connectivity index (χ0n) is 12.8. The van der Waals surface area contributed by atoms with Crippen LogP contribution in [0.3, 0.4) is 0 Å². The molecule has 0 radical (unpaired) electrons. The van der Waals surface area contributed by atoms with Gasteiger partial charge in [-0.1, -0.05) is 48.5 Å². The number of benzene rings is 2. The van der Waals surface area contributed by atoms with Crippen molar-refractivity contribution in [2.24, 2.45) is 0 Å². The number of hydrogen-bond acceptors (Lipinski definition) is 5. The van der Waals surface area contributed by atoms with Crippen LogP contribution in [0.2, 0.25) is 0 Å². The van der Waals surface area contributed by atoms with Crippen LogP contribution in [0.5, 0.6) is 0 Å². The lowest BCUT2D eigenvalue weighted by Crippen LogP contribution is -2.44. The van der Waals surface area contributed by atoms with Gasteiger partial charge >= 0.3 is 10.1 Å². The predicted molar refractivity (Wildman–Crippen MR) is 87.1 cm³/mol. The van der Waals surface area contributed by atoms with E-state index in [0.29, 0.717) is 11.3 Å². The van der Waals surface area contributed by atoms with Gasteiger partial charge in [0, 0.05) is 0 Å². The molecule has 1 aliphatic heterocycles. The summed E-state index contributed by atoms with van der Waals surface area (Å²) in [6.07, 6.45) is 0. The van der Waals surface area contributed by atoms with Crippen LogP contribution in [0.25, 0.3) is 0 Å². The Labute approximate surface area is 139 Å². The van der Waals surface area contributed by atoms with Crippen LogP contribution in [0.15, 0.2) is 60.7 Å². The highest BCUT2D eigenvalue weighted by Gasteiger charge is 2.55. The summed E-state index contributed by atoms with van der Waals surface area (Å²) in [6, 6.07) is 17.1. The molecule has 2 atom stereocenters. The third-order valence-corrected chi connectivity index (χ3v) is 4.59. The molecule has 1 aliphatic rings. The van der Waals surface area contributed by atoms with Gasteiger partial charge in [0.05, 0.1) is 5.69 Å². The van der Waals surface area contributed by atoms with Gasteiger partial charge in [-0.3, -0.25) is 14.8 Å². The summed E-state index contributed by atoms with van der Waals surface area (Å²) in [5, 5.41) is 0.789. The molecular formula is C16H16N2O5S. The molecule has 2 N–H and O–H groups in total. The number of ether oxygens (including phenoxy) is 1. The fourth-order valence-electron chi connectivity index (χ4n) is 2.53. The Morgan fingerprint density at radius 2 is 1.62 bits per heavy atom. The molecule has 8 heteroatoms. The van der Waals surface area contributed by atoms with E-state index in [0.717, 1.165) is 5.01 Å². The average Bonchev–Trinajstić information content (AvgIpc) is 2.83. The van der Waals surface area contributed by atoms with Crippen LogP contribution in [-0.4, -0.2) is 29.4 Å². The van der Waals surface area contributed by atoms with E-state index in [9.17, 15) is 17.8 Å². The summed E-state index contributed by atoms with van der Waals surface area (Å²) < 4.78 is 38.3. The minimum Gasteiger partial charge on any atom is -0.320 e. The Morgan fingerprint density at radius 3 is 2.17 bits per heavy atom. The second-order valence-electron chi connectivity index (χ2n) is 5.49. The molecule has 7 nitrogen and oxygen atoms in total. The first-order chi connectivity index (χ1) is 11.3. The summed E-state index contributed by atoms with van der Waals surface area (Å²) in [5.41, 5.74) is 0.276. The minimum absolute atomic E-state index is 0.486. The molecule has 0 bridgehead atoms. The highest BCUT2D eigenvalue weighted by molar-refractivity contribution is 7.86. The fourth-order valence-corrected chi connectivity index (χ4v) is 3.26. The fraction of sp³-hybridized carbons (Fsp3) is 0.188. The number of nitrogens with zero attached hydrogens (tertiary/aromatic N) is 1. The third kappa shape index (κ3) is 2.86. The van der Waals surface area contributed by atoms with Crippen LogP contribution in [0.1, 0.15) is 12.5 Å². The highest BCUT2D eigenvalue weighted by atomic mass is 32.2. The quantitative estimate of drug-likeness (QED) is 0.820. The molecule has 2 aromatic rings. The number of carbonyl (C=O) groups is 1. The molecule has 0 spiro atoms. The Bertz CT molecular complexity index is 841. The molecule has 1 unspecified atom stereocenters. The van der Waals surface area contributed by atoms with Gasteiger partial charge in [0.25, 0.3) is 11.5 Å². The first-order valence-electron chi connectivity index (χ1n) is 7.17. The van der Waals surface area contributed by atoms with Crippen LogP contribution in [-0.2, 0) is 25.3 Å². The first kappa shape index (κ1) is 16.4. The van der Waals surface area contributed by atoms with E-state index in [-0.39, 0.29) is 0 Å². The summed E-state index contributed by atoms with van der Waals surface area (Å²) in [7, 11) is -4.66. The van der Waals surface area contributed by atoms with Crippen molar-refractivity contribution in [1.82, 2.24) is 5.01 Å². The average molecular weight is 348 g/mol. The van der Waals surface area contributed by atoms with Crippen molar-refractivity contribution in [3.05, 3.63) is 66.2 Å². The van der Waals surface area contributed by atoms with Crippen LogP contribution >= 0.6 is 0 Å². The van der Waals surface area contributed by atoms with Crippen molar-refractivity contribution in [2.75, 3.05) is 5.43 Å². The molecule has 2 aromatic carbocycles. The molecule has 1 amide bonds. The van der Waals surface area contributed by atoms with Crippen molar-refractivity contribution in [2.45, 2.75) is 18.1 Å². The van der Waals surface area contributed by atoms with Crippen LogP contribution < -0.4 is 5.43 Å². The monoisotopic (exact) mass is 348 g/mol. The lowest BCUT2D eigenvalue weighted by molar-refractivity contribution is -0.135. The summed E-state index contributed by atoms with van der Waals surface area (Å²) >= 11 is 0. The van der Waals surface area contributed by atoms with E-state index in [4.69, 9.17) is 4.74 Å². The zero-order chi connectivity index (χ0) is 17.4. The topological polar surface area (TPSA) is 95.9 Å². The van der Waals surface area contributed by atoms with Gasteiger partial charge in [-0.15, -0.1) is 0 Å². The van der Waals surface area contributed by atoms with E-state index >= 15 is 0 Å². The molecule has 1 saturated heterocycles. The number of hydrazine groups is 1. The maximum absolute atomic E-state index is 12.9. The largest absolute Gasteiger partial charge is 0.320 e. The van der Waals surface area contributed by atoms with E-state index < -0.39 is 27.2 Å². The number of amides is 1. The SMILES string of the molecule is CC1(c2ccccc2)O[C@@H](S(=O)(=O)O)N(Nc2ccccc2)C1=O. The second-order valence-corrected chi connectivity index (χ2v) is 6.93. The van der Waals surface area contributed by atoms with Crippen molar-refractivity contribution in [1.29, 1.82) is 0 Å². The molecule has 126 valence electrons. The van der Waals surface area contributed by atoms with E-state index in [1.807, 2.05) is 0 Å². The van der Waals surface area contributed by atoms with Crippen molar-refractivity contribution in [3.8, 4) is 0 Å². The smallest absolute Gasteiger partial charge is 0.314 e. The molecule has 1 fully saturated rings. The van der Waals surface area contributed by atoms with Gasteiger partial charge in [-0.05, 0) is 24.6 Å². The van der Waals surface area contributed by atoms with Gasteiger partial charge in [-0.25, -0.2) is 5.01 Å². The maximum Gasteiger partial charge on any atom is 0.314 e. The molecule has 24 heavy (non-hydrogen) atoms. The van der Waals surface area contributed by atoms with Crippen LogP contribution in [0, 0.1) is 0 Å². The number of hydrogen-bond donors (Lipinski definition) is 2. The molecular weight excluding hydrogens is 332 g/mol. The Morgan fingerprint density at radius 1 is 1.08 bits per heavy atom. The number of anilines is 1. The second kappa shape index (κ2) is 5.90. The summed E-state index contributed by atoms with van der Waals surface area (Å²) in [4.78, 5) is 12.9. The van der Waals surface area contributed by atoms with Crippen molar-refractivity contribution >= 4 is 21.7 Å². The van der Waals surface area contributed by atoms with Gasteiger partial charge in [-0.2, -0.15) is 8.42 Å². The third-order valence-electron chi connectivity index (χ3n) is 3.78. The highest BCUT2D eigenvalue weighted by Crippen LogP contribution is 2.38. The van der Waals surface area contributed by atoms with E-state index in [2.05, 4.69) is 5.43 Å². The number of para-hydroxylation sites is 1. The van der Waals surface area contributed by atoms with Gasteiger partial charge in [0.1, 0.15) is 0 Å². The lowest BCUT2D eigenvalue weighted by Gasteiger charge is -2.22. The summed E-state index contributed by atoms with van der Waals surface area (Å²) in [5.74, 6) is -0.625. The normalized spacial score (nSPS) is 24.2. The first-order valence-corrected chi connectivity index (χ1v) is 8.68. The minimum atomic E-state index is -4.66. The van der Waals surface area contributed by atoms with Gasteiger partial charge in [0.15, 0.2) is 5.60 Å². The standard InChI is InChI=1S/C16H16N2O5S/c1-16(12-8-4-2-5-9-12)14(19)18(15(23-16)24(20,21)22)17-13-10-6-3-7-11-13/h2-11,15,17H,1H3,(H,20,21,22)/t15-,16?/m0/s1. The molecule has 1 heterocycles. The van der Waals surface area contributed by atoms with E-state index in [1.54, 1.807) is 60.7 Å². The molecule has 0 aliphatic carbocycles. The number of nitrogens with one attached hydrogen (secondary N) is 1. The number of rotatable bonds is 4. The zero-order valence-corrected chi connectivity index (χ0v) is 13.6. The van der Waals surface area contributed by atoms with Gasteiger partial charge in [0.2, 0.25) is 0 Å².